The monoisotopic (exact) mass is 501 g/mol. The van der Waals surface area contributed by atoms with Gasteiger partial charge in [0.1, 0.15) is 23.1 Å². The fourth-order valence-electron chi connectivity index (χ4n) is 4.62. The molecule has 196 valence electrons. The number of rotatable bonds is 9. The number of methoxy groups -OCH3 is 1. The van der Waals surface area contributed by atoms with E-state index in [0.717, 1.165) is 50.2 Å². The first-order valence-corrected chi connectivity index (χ1v) is 13.1. The summed E-state index contributed by atoms with van der Waals surface area (Å²) in [7, 11) is 1.71. The quantitative estimate of drug-likeness (QED) is 0.410. The Kier molecular flexibility index (Phi) is 8.72. The minimum atomic E-state index is 0.558. The molecule has 2 aromatic rings. The molecular formula is C29H39N7O. The van der Waals surface area contributed by atoms with Crippen LogP contribution in [0.2, 0.25) is 0 Å². The standard InChI is InChI=1S/C29H39N7O/c1-5-23-19-22(12-13-25(23)37-4)14-15-31-21(3)32-28-26(27(30)36-16-7-6-8-17-36)34-29(35-28)33-24-11-9-10-20(2)18-24/h9-13,18-19,31H,3,5-8,14-17,30H2,1-2,4H3,(H2,32,33,34,35)/b27-26-. The summed E-state index contributed by atoms with van der Waals surface area (Å²) in [6, 6.07) is 14.5. The number of hydrogen-bond donors (Lipinski definition) is 4. The van der Waals surface area contributed by atoms with Gasteiger partial charge in [0, 0.05) is 25.3 Å². The molecule has 2 aromatic carbocycles. The van der Waals surface area contributed by atoms with Gasteiger partial charge in [-0.2, -0.15) is 0 Å². The minimum Gasteiger partial charge on any atom is -0.496 e. The van der Waals surface area contributed by atoms with Crippen molar-refractivity contribution in [2.24, 2.45) is 15.7 Å². The van der Waals surface area contributed by atoms with E-state index in [1.807, 2.05) is 18.2 Å². The molecule has 1 fully saturated rings. The molecule has 0 radical (unpaired) electrons. The van der Waals surface area contributed by atoms with E-state index >= 15 is 0 Å². The molecule has 2 aliphatic rings. The number of ether oxygens (including phenoxy) is 1. The molecule has 4 rings (SSSR count). The summed E-state index contributed by atoms with van der Waals surface area (Å²) in [5.41, 5.74) is 11.8. The van der Waals surface area contributed by atoms with Crippen LogP contribution in [0.5, 0.6) is 5.75 Å². The molecular weight excluding hydrogens is 462 g/mol. The summed E-state index contributed by atoms with van der Waals surface area (Å²) in [5, 5.41) is 9.99. The van der Waals surface area contributed by atoms with Crippen LogP contribution in [0.25, 0.3) is 0 Å². The Morgan fingerprint density at radius 2 is 2.00 bits per heavy atom. The fourth-order valence-corrected chi connectivity index (χ4v) is 4.62. The SMILES string of the molecule is C=C(/N=C1/NC(Nc2cccc(C)c2)=N/C1=C(/N)N1CCCCC1)NCCc1ccc(OC)c(CC)c1. The second-order valence-electron chi connectivity index (χ2n) is 9.45. The molecule has 0 spiro atoms. The molecule has 1 saturated heterocycles. The topological polar surface area (TPSA) is 99.3 Å². The van der Waals surface area contributed by atoms with E-state index < -0.39 is 0 Å². The number of amidine groups is 1. The number of nitrogens with zero attached hydrogens (tertiary/aromatic N) is 3. The largest absolute Gasteiger partial charge is 0.496 e. The van der Waals surface area contributed by atoms with E-state index in [-0.39, 0.29) is 0 Å². The zero-order chi connectivity index (χ0) is 26.2. The first-order chi connectivity index (χ1) is 18.0. The molecule has 0 bridgehead atoms. The lowest BCUT2D eigenvalue weighted by molar-refractivity contribution is 0.281. The molecule has 2 heterocycles. The maximum absolute atomic E-state index is 6.62. The Morgan fingerprint density at radius 3 is 2.73 bits per heavy atom. The van der Waals surface area contributed by atoms with Gasteiger partial charge in [0.05, 0.1) is 7.11 Å². The number of nitrogens with one attached hydrogen (secondary N) is 3. The van der Waals surface area contributed by atoms with Crippen molar-refractivity contribution in [3.63, 3.8) is 0 Å². The number of anilines is 1. The van der Waals surface area contributed by atoms with Crippen molar-refractivity contribution < 1.29 is 4.74 Å². The smallest absolute Gasteiger partial charge is 0.207 e. The molecule has 8 nitrogen and oxygen atoms in total. The summed E-state index contributed by atoms with van der Waals surface area (Å²) in [6.07, 6.45) is 5.28. The van der Waals surface area contributed by atoms with Crippen LogP contribution in [0, 0.1) is 6.92 Å². The van der Waals surface area contributed by atoms with Crippen LogP contribution in [0.3, 0.4) is 0 Å². The summed E-state index contributed by atoms with van der Waals surface area (Å²) in [6.45, 7) is 10.9. The third kappa shape index (κ3) is 6.84. The van der Waals surface area contributed by atoms with Crippen molar-refractivity contribution in [3.05, 3.63) is 83.1 Å². The highest BCUT2D eigenvalue weighted by atomic mass is 16.5. The van der Waals surface area contributed by atoms with Gasteiger partial charge in [0.25, 0.3) is 0 Å². The third-order valence-electron chi connectivity index (χ3n) is 6.62. The zero-order valence-corrected chi connectivity index (χ0v) is 22.2. The third-order valence-corrected chi connectivity index (χ3v) is 6.62. The summed E-state index contributed by atoms with van der Waals surface area (Å²) < 4.78 is 5.44. The highest BCUT2D eigenvalue weighted by molar-refractivity contribution is 6.18. The van der Waals surface area contributed by atoms with Gasteiger partial charge >= 0.3 is 0 Å². The Balaban J connectivity index is 1.46. The van der Waals surface area contributed by atoms with Gasteiger partial charge in [-0.15, -0.1) is 0 Å². The Hall–Kier alpha value is -3.94. The molecule has 0 aromatic heterocycles. The van der Waals surface area contributed by atoms with Crippen molar-refractivity contribution in [1.82, 2.24) is 15.5 Å². The number of guanidine groups is 1. The lowest BCUT2D eigenvalue weighted by atomic mass is 10.1. The molecule has 37 heavy (non-hydrogen) atoms. The van der Waals surface area contributed by atoms with Crippen LogP contribution in [-0.4, -0.2) is 43.4 Å². The molecule has 0 unspecified atom stereocenters. The molecule has 2 aliphatic heterocycles. The predicted octanol–water partition coefficient (Wildman–Crippen LogP) is 4.25. The Morgan fingerprint density at radius 1 is 1.19 bits per heavy atom. The summed E-state index contributed by atoms with van der Waals surface area (Å²) >= 11 is 0. The number of benzene rings is 2. The van der Waals surface area contributed by atoms with Gasteiger partial charge in [-0.1, -0.05) is 37.8 Å². The number of nitrogens with two attached hydrogens (primary N) is 1. The average molecular weight is 502 g/mol. The van der Waals surface area contributed by atoms with Crippen LogP contribution in [-0.2, 0) is 12.8 Å². The van der Waals surface area contributed by atoms with E-state index in [1.165, 1.54) is 23.1 Å². The number of likely N-dealkylation sites (tertiary alicyclic amines) is 1. The maximum Gasteiger partial charge on any atom is 0.207 e. The zero-order valence-electron chi connectivity index (χ0n) is 22.2. The van der Waals surface area contributed by atoms with Crippen LogP contribution < -0.4 is 26.4 Å². The molecule has 5 N–H and O–H groups in total. The van der Waals surface area contributed by atoms with Gasteiger partial charge in [-0.05, 0) is 73.9 Å². The minimum absolute atomic E-state index is 0.558. The first-order valence-electron chi connectivity index (χ1n) is 13.1. The molecule has 0 saturated carbocycles. The maximum atomic E-state index is 6.62. The van der Waals surface area contributed by atoms with Gasteiger partial charge in [-0.3, -0.25) is 0 Å². The normalized spacial score (nSPS) is 17.8. The number of hydrogen-bond acceptors (Lipinski definition) is 7. The van der Waals surface area contributed by atoms with Crippen molar-refractivity contribution in [3.8, 4) is 5.75 Å². The molecule has 0 amide bonds. The second-order valence-corrected chi connectivity index (χ2v) is 9.45. The lowest BCUT2D eigenvalue weighted by Crippen LogP contribution is -2.36. The molecule has 0 aliphatic carbocycles. The first kappa shape index (κ1) is 26.1. The molecule has 0 atom stereocenters. The number of aryl methyl sites for hydroxylation is 2. The summed E-state index contributed by atoms with van der Waals surface area (Å²) in [4.78, 5) is 11.7. The van der Waals surface area contributed by atoms with E-state index in [1.54, 1.807) is 7.11 Å². The summed E-state index contributed by atoms with van der Waals surface area (Å²) in [5.74, 6) is 3.32. The second kappa shape index (κ2) is 12.3. The van der Waals surface area contributed by atoms with E-state index in [0.29, 0.717) is 35.7 Å². The van der Waals surface area contributed by atoms with E-state index in [2.05, 4.69) is 65.5 Å². The highest BCUT2D eigenvalue weighted by Gasteiger charge is 2.25. The van der Waals surface area contributed by atoms with Crippen LogP contribution in [0.4, 0.5) is 5.69 Å². The van der Waals surface area contributed by atoms with Crippen molar-refractivity contribution in [2.45, 2.75) is 46.0 Å². The van der Waals surface area contributed by atoms with Crippen molar-refractivity contribution in [1.29, 1.82) is 0 Å². The number of aliphatic imine (C=N–C) groups is 2. The predicted molar refractivity (Wildman–Crippen MR) is 153 cm³/mol. The highest BCUT2D eigenvalue weighted by Crippen LogP contribution is 2.21. The van der Waals surface area contributed by atoms with E-state index in [4.69, 9.17) is 20.5 Å². The number of piperidine rings is 1. The van der Waals surface area contributed by atoms with Gasteiger partial charge in [0.15, 0.2) is 5.84 Å². The van der Waals surface area contributed by atoms with Crippen LogP contribution in [0.15, 0.2) is 76.4 Å². The van der Waals surface area contributed by atoms with Crippen LogP contribution in [0.1, 0.15) is 42.9 Å². The van der Waals surface area contributed by atoms with E-state index in [9.17, 15) is 0 Å². The van der Waals surface area contributed by atoms with Gasteiger partial charge in [0.2, 0.25) is 5.96 Å². The Bertz CT molecular complexity index is 1210. The molecule has 8 heteroatoms. The van der Waals surface area contributed by atoms with Crippen LogP contribution >= 0.6 is 0 Å². The Labute approximate surface area is 220 Å². The van der Waals surface area contributed by atoms with Gasteiger partial charge < -0.3 is 31.3 Å². The fraction of sp³-hybridized carbons (Fsp3) is 0.379. The van der Waals surface area contributed by atoms with Crippen molar-refractivity contribution in [2.75, 3.05) is 32.1 Å². The lowest BCUT2D eigenvalue weighted by Gasteiger charge is -2.29. The van der Waals surface area contributed by atoms with Crippen molar-refractivity contribution >= 4 is 17.5 Å². The van der Waals surface area contributed by atoms with Gasteiger partial charge in [-0.25, -0.2) is 9.98 Å². The average Bonchev–Trinajstić information content (AvgIpc) is 3.30.